The molecule has 0 aromatic rings. The van der Waals surface area contributed by atoms with E-state index in [2.05, 4.69) is 0 Å². The van der Waals surface area contributed by atoms with Crippen LogP contribution >= 0.6 is 0 Å². The Hall–Kier alpha value is -0.840. The second kappa shape index (κ2) is 6.35. The van der Waals surface area contributed by atoms with Gasteiger partial charge in [0, 0.05) is 18.9 Å². The minimum absolute atomic E-state index is 0.131. The van der Waals surface area contributed by atoms with E-state index >= 15 is 0 Å². The van der Waals surface area contributed by atoms with Crippen molar-refractivity contribution in [2.75, 3.05) is 13.9 Å². The lowest BCUT2D eigenvalue weighted by Crippen LogP contribution is -2.66. The summed E-state index contributed by atoms with van der Waals surface area (Å²) in [6.07, 6.45) is 3.67. The van der Waals surface area contributed by atoms with Gasteiger partial charge in [-0.25, -0.2) is 4.79 Å². The van der Waals surface area contributed by atoms with Gasteiger partial charge in [-0.15, -0.1) is 0 Å². The molecule has 0 amide bonds. The third kappa shape index (κ3) is 2.94. The SMILES string of the molecule is CCC1(OC(=O)C(F)(F)S(=O)(=O)O)C2CC3CC1CC(OCOC)(C3)C2. The average molecular weight is 398 g/mol. The van der Waals surface area contributed by atoms with Crippen molar-refractivity contribution in [1.29, 1.82) is 0 Å². The third-order valence-electron chi connectivity index (χ3n) is 6.40. The van der Waals surface area contributed by atoms with Crippen molar-refractivity contribution in [3.8, 4) is 0 Å². The molecule has 150 valence electrons. The molecule has 0 aliphatic heterocycles. The minimum Gasteiger partial charge on any atom is -0.453 e. The van der Waals surface area contributed by atoms with Crippen molar-refractivity contribution < 1.29 is 40.8 Å². The molecule has 1 N–H and O–H groups in total. The fourth-order valence-corrected chi connectivity index (χ4v) is 5.75. The van der Waals surface area contributed by atoms with Crippen molar-refractivity contribution in [1.82, 2.24) is 0 Å². The number of halogens is 2. The molecular weight excluding hydrogens is 374 g/mol. The Morgan fingerprint density at radius 2 is 1.81 bits per heavy atom. The molecule has 4 fully saturated rings. The Balaban J connectivity index is 1.86. The molecule has 7 nitrogen and oxygen atoms in total. The predicted molar refractivity (Wildman–Crippen MR) is 84.9 cm³/mol. The maximum atomic E-state index is 13.7. The normalized spacial score (nSPS) is 39.2. The number of rotatable bonds is 7. The highest BCUT2D eigenvalue weighted by atomic mass is 32.2. The number of methoxy groups -OCH3 is 1. The molecule has 26 heavy (non-hydrogen) atoms. The summed E-state index contributed by atoms with van der Waals surface area (Å²) in [6, 6.07) is 0. The quantitative estimate of drug-likeness (QED) is 0.399. The summed E-state index contributed by atoms with van der Waals surface area (Å²) in [7, 11) is -4.36. The van der Waals surface area contributed by atoms with Crippen molar-refractivity contribution in [3.63, 3.8) is 0 Å². The van der Waals surface area contributed by atoms with Crippen molar-refractivity contribution in [2.24, 2.45) is 17.8 Å². The molecule has 4 bridgehead atoms. The van der Waals surface area contributed by atoms with E-state index in [1.165, 1.54) is 7.11 Å². The molecule has 0 aromatic carbocycles. The van der Waals surface area contributed by atoms with Crippen LogP contribution in [-0.4, -0.2) is 49.3 Å². The van der Waals surface area contributed by atoms with Crippen molar-refractivity contribution >= 4 is 16.1 Å². The van der Waals surface area contributed by atoms with E-state index in [-0.39, 0.29) is 18.6 Å². The number of carbonyl (C=O) groups excluding carboxylic acids is 1. The molecule has 0 aromatic heterocycles. The molecule has 2 unspecified atom stereocenters. The molecule has 10 heteroatoms. The van der Waals surface area contributed by atoms with Crippen molar-refractivity contribution in [3.05, 3.63) is 0 Å². The van der Waals surface area contributed by atoms with Crippen LogP contribution in [0, 0.1) is 17.8 Å². The Morgan fingerprint density at radius 3 is 2.27 bits per heavy atom. The molecular formula is C16H24F2O7S. The van der Waals surface area contributed by atoms with E-state index in [1.54, 1.807) is 6.92 Å². The topological polar surface area (TPSA) is 99.1 Å². The molecule has 0 radical (unpaired) electrons. The zero-order chi connectivity index (χ0) is 19.4. The van der Waals surface area contributed by atoms with E-state index in [0.29, 0.717) is 38.0 Å². The number of hydrogen-bond acceptors (Lipinski definition) is 6. The van der Waals surface area contributed by atoms with Gasteiger partial charge in [0.25, 0.3) is 0 Å². The lowest BCUT2D eigenvalue weighted by atomic mass is 9.47. The van der Waals surface area contributed by atoms with Gasteiger partial charge in [0.2, 0.25) is 0 Å². The summed E-state index contributed by atoms with van der Waals surface area (Å²) in [4.78, 5) is 12.0. The number of hydrogen-bond donors (Lipinski definition) is 1. The van der Waals surface area contributed by atoms with Gasteiger partial charge in [-0.3, -0.25) is 4.55 Å². The van der Waals surface area contributed by atoms with Gasteiger partial charge in [-0.05, 0) is 44.4 Å². The van der Waals surface area contributed by atoms with Crippen LogP contribution in [0.2, 0.25) is 0 Å². The first-order chi connectivity index (χ1) is 12.0. The molecule has 4 aliphatic carbocycles. The third-order valence-corrected chi connectivity index (χ3v) is 7.21. The van der Waals surface area contributed by atoms with Crippen molar-refractivity contribution in [2.45, 2.75) is 61.9 Å². The molecule has 0 saturated heterocycles. The predicted octanol–water partition coefficient (Wildman–Crippen LogP) is 2.36. The first-order valence-electron chi connectivity index (χ1n) is 8.71. The van der Waals surface area contributed by atoms with Gasteiger partial charge in [-0.2, -0.15) is 17.2 Å². The Labute approximate surface area is 151 Å². The summed E-state index contributed by atoms with van der Waals surface area (Å²) < 4.78 is 74.0. The zero-order valence-corrected chi connectivity index (χ0v) is 15.6. The maximum Gasteiger partial charge on any atom is 0.465 e. The monoisotopic (exact) mass is 398 g/mol. The Bertz CT molecular complexity index is 662. The van der Waals surface area contributed by atoms with E-state index in [1.807, 2.05) is 0 Å². The average Bonchev–Trinajstić information content (AvgIpc) is 2.54. The van der Waals surface area contributed by atoms with E-state index in [9.17, 15) is 22.0 Å². The first kappa shape index (κ1) is 19.9. The number of ether oxygens (including phenoxy) is 3. The second-order valence-electron chi connectivity index (χ2n) is 7.77. The lowest BCUT2D eigenvalue weighted by molar-refractivity contribution is -0.271. The molecule has 0 heterocycles. The van der Waals surface area contributed by atoms with E-state index in [0.717, 1.165) is 6.42 Å². The van der Waals surface area contributed by atoms with Crippen LogP contribution in [0.1, 0.15) is 45.4 Å². The molecule has 2 atom stereocenters. The molecule has 4 saturated carbocycles. The molecule has 4 aliphatic rings. The van der Waals surface area contributed by atoms with Gasteiger partial charge >= 0.3 is 21.3 Å². The standard InChI is InChI=1S/C16H24F2O7S/c1-3-15(25-13(19)16(17,18)26(20,21)22)11-4-10-5-12(15)8-14(6-10,7-11)24-9-23-2/h10-12H,3-9H2,1-2H3,(H,20,21,22). The highest BCUT2D eigenvalue weighted by Gasteiger charge is 2.66. The number of alkyl halides is 2. The van der Waals surface area contributed by atoms with Gasteiger partial charge < -0.3 is 14.2 Å². The minimum atomic E-state index is -5.89. The van der Waals surface area contributed by atoms with Crippen LogP contribution in [0.5, 0.6) is 0 Å². The van der Waals surface area contributed by atoms with Crippen LogP contribution in [0.3, 0.4) is 0 Å². The van der Waals surface area contributed by atoms with Crippen LogP contribution in [0.15, 0.2) is 0 Å². The van der Waals surface area contributed by atoms with Gasteiger partial charge in [-0.1, -0.05) is 6.92 Å². The zero-order valence-electron chi connectivity index (χ0n) is 14.7. The second-order valence-corrected chi connectivity index (χ2v) is 9.23. The summed E-state index contributed by atoms with van der Waals surface area (Å²) in [5.41, 5.74) is -1.58. The summed E-state index contributed by atoms with van der Waals surface area (Å²) in [6.45, 7) is 1.87. The molecule has 0 spiro atoms. The largest absolute Gasteiger partial charge is 0.465 e. The van der Waals surface area contributed by atoms with Gasteiger partial charge in [0.15, 0.2) is 0 Å². The maximum absolute atomic E-state index is 13.7. The lowest BCUT2D eigenvalue weighted by Gasteiger charge is -2.63. The summed E-state index contributed by atoms with van der Waals surface area (Å²) in [5.74, 6) is -2.25. The van der Waals surface area contributed by atoms with Crippen LogP contribution in [-0.2, 0) is 29.1 Å². The Kier molecular flexibility index (Phi) is 4.87. The van der Waals surface area contributed by atoms with Crippen LogP contribution in [0.25, 0.3) is 0 Å². The van der Waals surface area contributed by atoms with Gasteiger partial charge in [0.05, 0.1) is 5.60 Å². The van der Waals surface area contributed by atoms with E-state index in [4.69, 9.17) is 18.8 Å². The molecule has 4 rings (SSSR count). The van der Waals surface area contributed by atoms with Gasteiger partial charge in [0.1, 0.15) is 12.4 Å². The fourth-order valence-electron chi connectivity index (χ4n) is 5.50. The smallest absolute Gasteiger partial charge is 0.453 e. The highest BCUT2D eigenvalue weighted by Crippen LogP contribution is 2.63. The fraction of sp³-hybridized carbons (Fsp3) is 0.938. The summed E-state index contributed by atoms with van der Waals surface area (Å²) >= 11 is 0. The highest BCUT2D eigenvalue weighted by molar-refractivity contribution is 7.87. The van der Waals surface area contributed by atoms with Crippen LogP contribution < -0.4 is 0 Å². The number of esters is 1. The number of carbonyl (C=O) groups is 1. The van der Waals surface area contributed by atoms with E-state index < -0.39 is 32.5 Å². The first-order valence-corrected chi connectivity index (χ1v) is 10.1. The van der Waals surface area contributed by atoms with Crippen LogP contribution in [0.4, 0.5) is 8.78 Å². The summed E-state index contributed by atoms with van der Waals surface area (Å²) in [5, 5.41) is -4.98. The Morgan fingerprint density at radius 1 is 1.23 bits per heavy atom.